The first kappa shape index (κ1) is 23.5. The lowest BCUT2D eigenvalue weighted by Gasteiger charge is -2.45. The van der Waals surface area contributed by atoms with Crippen molar-refractivity contribution in [3.63, 3.8) is 0 Å². The molecule has 0 aromatic carbocycles. The van der Waals surface area contributed by atoms with Gasteiger partial charge in [-0.3, -0.25) is 14.4 Å². The first-order valence-corrected chi connectivity index (χ1v) is 10.4. The molecule has 6 nitrogen and oxygen atoms in total. The number of carbonyl (C=O) groups is 1. The third kappa shape index (κ3) is 4.66. The zero-order valence-corrected chi connectivity index (χ0v) is 18.5. The topological polar surface area (TPSA) is 53.4 Å². The van der Waals surface area contributed by atoms with Gasteiger partial charge in [-0.1, -0.05) is 6.92 Å². The van der Waals surface area contributed by atoms with E-state index in [1.807, 2.05) is 16.9 Å². The molecule has 0 unspecified atom stereocenters. The molecule has 2 saturated heterocycles. The number of rotatable bonds is 3. The fraction of sp³-hybridized carbons (Fsp3) is 0.800. The van der Waals surface area contributed by atoms with Crippen molar-refractivity contribution in [2.24, 2.45) is 5.92 Å². The molecule has 2 aliphatic heterocycles. The number of piperazine rings is 1. The number of hydrogen-bond donors (Lipinski definition) is 1. The summed E-state index contributed by atoms with van der Waals surface area (Å²) in [7, 11) is 0. The second-order valence-corrected chi connectivity index (χ2v) is 8.47. The summed E-state index contributed by atoms with van der Waals surface area (Å²) >= 11 is 0. The van der Waals surface area contributed by atoms with Crippen molar-refractivity contribution in [3.05, 3.63) is 18.5 Å². The lowest BCUT2D eigenvalue weighted by atomic mass is 9.85. The molecule has 1 aromatic rings. The number of nitrogens with one attached hydrogen (secondary N) is 1. The van der Waals surface area contributed by atoms with E-state index in [9.17, 15) is 4.79 Å². The SMILES string of the molecule is CC1CCC(N2CCN(C(=O)C3(n4cccn4)CCNCC3)CC2)CC1.Cl.Cl. The van der Waals surface area contributed by atoms with Crippen molar-refractivity contribution >= 4 is 30.7 Å². The van der Waals surface area contributed by atoms with Crippen LogP contribution in [0.25, 0.3) is 0 Å². The molecule has 0 atom stereocenters. The highest BCUT2D eigenvalue weighted by Crippen LogP contribution is 2.31. The zero-order chi connectivity index (χ0) is 18.0. The van der Waals surface area contributed by atoms with E-state index in [0.717, 1.165) is 64.1 Å². The number of carbonyl (C=O) groups excluding carboxylic acids is 1. The van der Waals surface area contributed by atoms with Crippen molar-refractivity contribution in [2.45, 2.75) is 57.0 Å². The van der Waals surface area contributed by atoms with Crippen LogP contribution in [0.1, 0.15) is 45.4 Å². The quantitative estimate of drug-likeness (QED) is 0.798. The fourth-order valence-electron chi connectivity index (χ4n) is 5.10. The van der Waals surface area contributed by atoms with E-state index in [1.165, 1.54) is 25.7 Å². The normalized spacial score (nSPS) is 28.1. The minimum atomic E-state index is -0.489. The van der Waals surface area contributed by atoms with Crippen LogP contribution < -0.4 is 5.32 Å². The predicted molar refractivity (Wildman–Crippen MR) is 116 cm³/mol. The van der Waals surface area contributed by atoms with Crippen LogP contribution in [0.2, 0.25) is 0 Å². The van der Waals surface area contributed by atoms with Gasteiger partial charge in [0.15, 0.2) is 0 Å². The maximum Gasteiger partial charge on any atom is 0.250 e. The number of halogens is 2. The molecular weight excluding hydrogens is 397 g/mol. The first-order valence-electron chi connectivity index (χ1n) is 10.4. The van der Waals surface area contributed by atoms with Crippen LogP contribution in [0.5, 0.6) is 0 Å². The Morgan fingerprint density at radius 2 is 1.68 bits per heavy atom. The molecule has 3 heterocycles. The van der Waals surface area contributed by atoms with Crippen LogP contribution in [0.15, 0.2) is 18.5 Å². The molecule has 0 radical (unpaired) electrons. The third-order valence-electron chi connectivity index (χ3n) is 6.88. The van der Waals surface area contributed by atoms with E-state index in [4.69, 9.17) is 0 Å². The van der Waals surface area contributed by atoms with Gasteiger partial charge in [0, 0.05) is 44.6 Å². The van der Waals surface area contributed by atoms with E-state index >= 15 is 0 Å². The van der Waals surface area contributed by atoms with E-state index in [2.05, 4.69) is 27.1 Å². The van der Waals surface area contributed by atoms with Crippen LogP contribution in [0.3, 0.4) is 0 Å². The standard InChI is InChI=1S/C20H33N5O.2ClH/c1-17-3-5-18(6-4-17)23-13-15-24(16-14-23)19(26)20(7-10-21-11-8-20)25-12-2-9-22-25;;/h2,9,12,17-18,21H,3-8,10-11,13-16H2,1H3;2*1H. The summed E-state index contributed by atoms with van der Waals surface area (Å²) in [5, 5.41) is 7.85. The Labute approximate surface area is 181 Å². The van der Waals surface area contributed by atoms with Crippen LogP contribution in [-0.2, 0) is 10.3 Å². The number of hydrogen-bond acceptors (Lipinski definition) is 4. The molecule has 3 aliphatic rings. The molecule has 1 saturated carbocycles. The average molecular weight is 432 g/mol. The van der Waals surface area contributed by atoms with Gasteiger partial charge in [0.25, 0.3) is 5.91 Å². The maximum absolute atomic E-state index is 13.5. The second-order valence-electron chi connectivity index (χ2n) is 8.47. The molecule has 160 valence electrons. The number of nitrogens with zero attached hydrogens (tertiary/aromatic N) is 4. The van der Waals surface area contributed by atoms with Gasteiger partial charge in [0.05, 0.1) is 0 Å². The minimum absolute atomic E-state index is 0. The summed E-state index contributed by atoms with van der Waals surface area (Å²) in [5.41, 5.74) is -0.489. The van der Waals surface area contributed by atoms with Gasteiger partial charge >= 0.3 is 0 Å². The summed E-state index contributed by atoms with van der Waals surface area (Å²) in [4.78, 5) is 18.3. The lowest BCUT2D eigenvalue weighted by molar-refractivity contribution is -0.145. The molecule has 1 amide bonds. The van der Waals surface area contributed by atoms with E-state index in [0.29, 0.717) is 0 Å². The van der Waals surface area contributed by atoms with Gasteiger partial charge in [-0.15, -0.1) is 24.8 Å². The van der Waals surface area contributed by atoms with Gasteiger partial charge in [-0.2, -0.15) is 5.10 Å². The Morgan fingerprint density at radius 3 is 2.25 bits per heavy atom. The Bertz CT molecular complexity index is 590. The molecule has 1 aromatic heterocycles. The van der Waals surface area contributed by atoms with Gasteiger partial charge in [-0.25, -0.2) is 0 Å². The molecule has 3 fully saturated rings. The lowest BCUT2D eigenvalue weighted by Crippen LogP contribution is -2.60. The Kier molecular flexibility index (Phi) is 8.61. The maximum atomic E-state index is 13.5. The van der Waals surface area contributed by atoms with E-state index < -0.39 is 5.54 Å². The molecule has 1 N–H and O–H groups in total. The number of aromatic nitrogens is 2. The smallest absolute Gasteiger partial charge is 0.250 e. The Hall–Kier alpha value is -0.820. The highest BCUT2D eigenvalue weighted by molar-refractivity contribution is 5.86. The molecule has 1 aliphatic carbocycles. The van der Waals surface area contributed by atoms with E-state index in [1.54, 1.807) is 6.20 Å². The van der Waals surface area contributed by atoms with Crippen LogP contribution in [-0.4, -0.2) is 70.8 Å². The largest absolute Gasteiger partial charge is 0.338 e. The average Bonchev–Trinajstić information content (AvgIpc) is 3.24. The minimum Gasteiger partial charge on any atom is -0.338 e. The van der Waals surface area contributed by atoms with Gasteiger partial charge in [-0.05, 0) is 63.6 Å². The van der Waals surface area contributed by atoms with Gasteiger partial charge in [0.2, 0.25) is 0 Å². The summed E-state index contributed by atoms with van der Waals surface area (Å²) in [5.74, 6) is 1.17. The molecule has 0 bridgehead atoms. The van der Waals surface area contributed by atoms with Crippen molar-refractivity contribution in [2.75, 3.05) is 39.3 Å². The van der Waals surface area contributed by atoms with Crippen molar-refractivity contribution in [3.8, 4) is 0 Å². The van der Waals surface area contributed by atoms with E-state index in [-0.39, 0.29) is 30.7 Å². The molecular formula is C20H35Cl2N5O. The van der Waals surface area contributed by atoms with Gasteiger partial charge in [0.1, 0.15) is 5.54 Å². The fourth-order valence-corrected chi connectivity index (χ4v) is 5.10. The molecule has 4 rings (SSSR count). The summed E-state index contributed by atoms with van der Waals surface area (Å²) in [6, 6.07) is 2.67. The molecule has 28 heavy (non-hydrogen) atoms. The van der Waals surface area contributed by atoms with Crippen LogP contribution >= 0.6 is 24.8 Å². The summed E-state index contributed by atoms with van der Waals surface area (Å²) < 4.78 is 1.92. The number of amides is 1. The number of piperidine rings is 1. The summed E-state index contributed by atoms with van der Waals surface area (Å²) in [6.07, 6.45) is 10.8. The van der Waals surface area contributed by atoms with Crippen molar-refractivity contribution in [1.29, 1.82) is 0 Å². The Morgan fingerprint density at radius 1 is 1.04 bits per heavy atom. The third-order valence-corrected chi connectivity index (χ3v) is 6.88. The highest BCUT2D eigenvalue weighted by atomic mass is 35.5. The first-order chi connectivity index (χ1) is 12.7. The summed E-state index contributed by atoms with van der Waals surface area (Å²) in [6.45, 7) is 7.91. The molecule has 0 spiro atoms. The zero-order valence-electron chi connectivity index (χ0n) is 16.9. The van der Waals surface area contributed by atoms with Crippen LogP contribution in [0, 0.1) is 5.92 Å². The van der Waals surface area contributed by atoms with Crippen molar-refractivity contribution < 1.29 is 4.79 Å². The van der Waals surface area contributed by atoms with Crippen LogP contribution in [0.4, 0.5) is 0 Å². The Balaban J connectivity index is 0.00000140. The predicted octanol–water partition coefficient (Wildman–Crippen LogP) is 2.53. The monoisotopic (exact) mass is 431 g/mol. The molecule has 8 heteroatoms. The highest BCUT2D eigenvalue weighted by Gasteiger charge is 2.45. The second kappa shape index (κ2) is 10.3. The van der Waals surface area contributed by atoms with Crippen molar-refractivity contribution in [1.82, 2.24) is 24.9 Å². The van der Waals surface area contributed by atoms with Gasteiger partial charge < -0.3 is 10.2 Å².